The second-order valence-electron chi connectivity index (χ2n) is 6.71. The zero-order valence-electron chi connectivity index (χ0n) is 12.4. The minimum atomic E-state index is -0.276. The van der Waals surface area contributed by atoms with Crippen LogP contribution in [-0.2, 0) is 11.2 Å². The van der Waals surface area contributed by atoms with E-state index in [2.05, 4.69) is 20.8 Å². The summed E-state index contributed by atoms with van der Waals surface area (Å²) >= 11 is 3.36. The van der Waals surface area contributed by atoms with Crippen LogP contribution in [0.25, 0.3) is 0 Å². The first-order valence-electron chi connectivity index (χ1n) is 8.06. The molecule has 4 heteroatoms. The van der Waals surface area contributed by atoms with Gasteiger partial charge in [-0.1, -0.05) is 33.1 Å². The van der Waals surface area contributed by atoms with E-state index >= 15 is 0 Å². The number of piperidine rings is 1. The topological polar surface area (TPSA) is 20.3 Å². The van der Waals surface area contributed by atoms with E-state index in [-0.39, 0.29) is 11.7 Å². The first-order valence-corrected chi connectivity index (χ1v) is 8.86. The van der Waals surface area contributed by atoms with E-state index in [1.54, 1.807) is 17.2 Å². The Kier molecular flexibility index (Phi) is 3.60. The van der Waals surface area contributed by atoms with Crippen molar-refractivity contribution in [2.24, 2.45) is 0 Å². The third kappa shape index (κ3) is 2.62. The zero-order valence-corrected chi connectivity index (χ0v) is 14.0. The van der Waals surface area contributed by atoms with Crippen LogP contribution >= 0.6 is 15.9 Å². The van der Waals surface area contributed by atoms with Crippen LogP contribution in [0, 0.1) is 5.82 Å². The van der Waals surface area contributed by atoms with E-state index in [1.165, 1.54) is 25.0 Å². The number of carbonyl (C=O) groups is 1. The van der Waals surface area contributed by atoms with Gasteiger partial charge in [-0.3, -0.25) is 4.79 Å². The molecule has 3 fully saturated rings. The molecule has 1 saturated carbocycles. The lowest BCUT2D eigenvalue weighted by molar-refractivity contribution is -0.134. The minimum Gasteiger partial charge on any atom is -0.336 e. The monoisotopic (exact) mass is 363 g/mol. The Morgan fingerprint density at radius 1 is 1.18 bits per heavy atom. The molecule has 2 nitrogen and oxygen atoms in total. The van der Waals surface area contributed by atoms with Crippen molar-refractivity contribution in [1.29, 1.82) is 0 Å². The van der Waals surface area contributed by atoms with Gasteiger partial charge in [-0.25, -0.2) is 4.39 Å². The molecular weight excluding hydrogens is 345 g/mol. The molecule has 2 bridgehead atoms. The van der Waals surface area contributed by atoms with Gasteiger partial charge in [-0.2, -0.15) is 0 Å². The van der Waals surface area contributed by atoms with E-state index in [1.807, 2.05) is 0 Å². The van der Waals surface area contributed by atoms with Crippen LogP contribution in [0.3, 0.4) is 0 Å². The molecule has 4 rings (SSSR count). The van der Waals surface area contributed by atoms with E-state index in [9.17, 15) is 9.18 Å². The molecule has 2 aliphatic heterocycles. The molecule has 2 saturated heterocycles. The lowest BCUT2D eigenvalue weighted by Gasteiger charge is -2.36. The molecule has 0 aromatic heterocycles. The van der Waals surface area contributed by atoms with Gasteiger partial charge >= 0.3 is 0 Å². The predicted octanol–water partition coefficient (Wildman–Crippen LogP) is 4.37. The number of hydrogen-bond acceptors (Lipinski definition) is 1. The van der Waals surface area contributed by atoms with Crippen LogP contribution in [0.2, 0.25) is 0 Å². The SMILES string of the molecule is O=C(Cc1ccc(F)cc1Br)N1C2CCC1CC(=C1CC1)C2. The van der Waals surface area contributed by atoms with E-state index in [0.29, 0.717) is 23.0 Å². The number of halogens is 2. The Bertz CT molecular complexity index is 647. The second kappa shape index (κ2) is 5.48. The van der Waals surface area contributed by atoms with Crippen molar-refractivity contribution >= 4 is 21.8 Å². The summed E-state index contributed by atoms with van der Waals surface area (Å²) in [5.41, 5.74) is 4.17. The van der Waals surface area contributed by atoms with Crippen LogP contribution in [0.5, 0.6) is 0 Å². The molecule has 1 aromatic carbocycles. The van der Waals surface area contributed by atoms with Gasteiger partial charge in [0.15, 0.2) is 0 Å². The van der Waals surface area contributed by atoms with Crippen molar-refractivity contribution in [3.05, 3.63) is 45.2 Å². The maximum absolute atomic E-state index is 13.2. The largest absolute Gasteiger partial charge is 0.336 e. The molecule has 22 heavy (non-hydrogen) atoms. The first kappa shape index (κ1) is 14.4. The van der Waals surface area contributed by atoms with Gasteiger partial charge in [0, 0.05) is 16.6 Å². The molecule has 0 spiro atoms. The van der Waals surface area contributed by atoms with E-state index in [0.717, 1.165) is 31.2 Å². The standard InChI is InChI=1S/C18H19BrFNO/c19-17-10-14(20)4-3-12(17)9-18(22)21-15-5-6-16(21)8-13(7-15)11-1-2-11/h3-4,10,15-16H,1-2,5-9H2. The smallest absolute Gasteiger partial charge is 0.227 e. The summed E-state index contributed by atoms with van der Waals surface area (Å²) in [7, 11) is 0. The number of nitrogens with zero attached hydrogens (tertiary/aromatic N) is 1. The number of allylic oxidation sites excluding steroid dienone is 1. The van der Waals surface area contributed by atoms with E-state index in [4.69, 9.17) is 0 Å². The van der Waals surface area contributed by atoms with Gasteiger partial charge in [0.25, 0.3) is 0 Å². The van der Waals surface area contributed by atoms with Gasteiger partial charge < -0.3 is 4.90 Å². The van der Waals surface area contributed by atoms with Crippen LogP contribution in [0.1, 0.15) is 44.1 Å². The third-order valence-corrected chi connectivity index (χ3v) is 5.97. The zero-order chi connectivity index (χ0) is 15.3. The lowest BCUT2D eigenvalue weighted by Crippen LogP contribution is -2.45. The number of amides is 1. The van der Waals surface area contributed by atoms with Crippen molar-refractivity contribution in [1.82, 2.24) is 4.90 Å². The van der Waals surface area contributed by atoms with Gasteiger partial charge in [0.2, 0.25) is 5.91 Å². The average Bonchev–Trinajstić information content (AvgIpc) is 3.28. The van der Waals surface area contributed by atoms with Crippen LogP contribution in [0.15, 0.2) is 33.8 Å². The molecule has 0 N–H and O–H groups in total. The van der Waals surface area contributed by atoms with Gasteiger partial charge in [-0.15, -0.1) is 0 Å². The molecular formula is C18H19BrFNO. The van der Waals surface area contributed by atoms with Crippen LogP contribution in [-0.4, -0.2) is 22.9 Å². The Labute approximate surface area is 138 Å². The van der Waals surface area contributed by atoms with Crippen LogP contribution in [0.4, 0.5) is 4.39 Å². The molecule has 2 heterocycles. The highest BCUT2D eigenvalue weighted by molar-refractivity contribution is 9.10. The number of benzene rings is 1. The molecule has 3 aliphatic rings. The maximum Gasteiger partial charge on any atom is 0.227 e. The summed E-state index contributed by atoms with van der Waals surface area (Å²) in [6.07, 6.45) is 7.37. The fourth-order valence-electron chi connectivity index (χ4n) is 4.05. The Balaban J connectivity index is 1.50. The number of fused-ring (bicyclic) bond motifs is 2. The fraction of sp³-hybridized carbons (Fsp3) is 0.500. The van der Waals surface area contributed by atoms with Crippen molar-refractivity contribution < 1.29 is 9.18 Å². The first-order chi connectivity index (χ1) is 10.6. The molecule has 1 amide bonds. The van der Waals surface area contributed by atoms with Crippen molar-refractivity contribution in [2.45, 2.75) is 57.0 Å². The highest BCUT2D eigenvalue weighted by atomic mass is 79.9. The maximum atomic E-state index is 13.2. The van der Waals surface area contributed by atoms with E-state index < -0.39 is 0 Å². The van der Waals surface area contributed by atoms with Crippen molar-refractivity contribution in [3.8, 4) is 0 Å². The summed E-state index contributed by atoms with van der Waals surface area (Å²) in [5, 5.41) is 0. The summed E-state index contributed by atoms with van der Waals surface area (Å²) in [6.45, 7) is 0. The summed E-state index contributed by atoms with van der Waals surface area (Å²) in [5.74, 6) is -0.0820. The molecule has 116 valence electrons. The van der Waals surface area contributed by atoms with Gasteiger partial charge in [0.05, 0.1) is 6.42 Å². The molecule has 1 aromatic rings. The highest BCUT2D eigenvalue weighted by Crippen LogP contribution is 2.44. The Morgan fingerprint density at radius 2 is 1.86 bits per heavy atom. The quantitative estimate of drug-likeness (QED) is 0.714. The fourth-order valence-corrected chi connectivity index (χ4v) is 4.54. The summed E-state index contributed by atoms with van der Waals surface area (Å²) in [4.78, 5) is 14.9. The molecule has 2 atom stereocenters. The van der Waals surface area contributed by atoms with Gasteiger partial charge in [-0.05, 0) is 56.2 Å². The molecule has 1 aliphatic carbocycles. The number of rotatable bonds is 2. The molecule has 0 radical (unpaired) electrons. The average molecular weight is 364 g/mol. The number of carbonyl (C=O) groups excluding carboxylic acids is 1. The van der Waals surface area contributed by atoms with Crippen molar-refractivity contribution in [3.63, 3.8) is 0 Å². The minimum absolute atomic E-state index is 0.194. The molecule has 2 unspecified atom stereocenters. The highest BCUT2D eigenvalue weighted by Gasteiger charge is 2.42. The second-order valence-corrected chi connectivity index (χ2v) is 7.57. The van der Waals surface area contributed by atoms with Crippen molar-refractivity contribution in [2.75, 3.05) is 0 Å². The number of hydrogen-bond donors (Lipinski definition) is 0. The lowest BCUT2D eigenvalue weighted by atomic mass is 9.95. The Hall–Kier alpha value is -1.16. The third-order valence-electron chi connectivity index (χ3n) is 5.23. The summed E-state index contributed by atoms with van der Waals surface area (Å²) < 4.78 is 13.9. The Morgan fingerprint density at radius 3 is 2.45 bits per heavy atom. The predicted molar refractivity (Wildman–Crippen MR) is 87.0 cm³/mol. The normalized spacial score (nSPS) is 26.5. The van der Waals surface area contributed by atoms with Crippen LogP contribution < -0.4 is 0 Å². The van der Waals surface area contributed by atoms with Gasteiger partial charge in [0.1, 0.15) is 5.82 Å². The summed E-state index contributed by atoms with van der Waals surface area (Å²) in [6, 6.07) is 5.36.